The molecule has 0 aromatic heterocycles. The monoisotopic (exact) mass is 313 g/mol. The fourth-order valence-corrected chi connectivity index (χ4v) is 2.55. The fourth-order valence-electron chi connectivity index (χ4n) is 2.55. The van der Waals surface area contributed by atoms with E-state index in [1.165, 1.54) is 19.3 Å². The topological polar surface area (TPSA) is 41.3 Å². The molecule has 0 aliphatic heterocycles. The highest BCUT2D eigenvalue weighted by atomic mass is 15.1. The van der Waals surface area contributed by atoms with Gasteiger partial charge in [0.15, 0.2) is 0 Å². The number of nitrogens with one attached hydrogen (secondary N) is 1. The number of hydrogen-bond acceptors (Lipinski definition) is 3. The van der Waals surface area contributed by atoms with E-state index in [0.29, 0.717) is 5.70 Å². The second-order valence-corrected chi connectivity index (χ2v) is 5.81. The Labute approximate surface area is 141 Å². The van der Waals surface area contributed by atoms with Gasteiger partial charge >= 0.3 is 0 Å². The lowest BCUT2D eigenvalue weighted by molar-refractivity contribution is 0.668. The molecule has 0 amide bonds. The summed E-state index contributed by atoms with van der Waals surface area (Å²) in [5.41, 5.74) is 10.5. The molecular formula is C20H31N3. The molecule has 0 aliphatic carbocycles. The molecule has 1 aromatic carbocycles. The van der Waals surface area contributed by atoms with Crippen molar-refractivity contribution in [2.24, 2.45) is 5.73 Å². The van der Waals surface area contributed by atoms with Crippen LogP contribution < -0.4 is 16.0 Å². The Balaban J connectivity index is 3.13. The van der Waals surface area contributed by atoms with Crippen molar-refractivity contribution in [3.8, 4) is 0 Å². The Kier molecular flexibility index (Phi) is 8.03. The summed E-state index contributed by atoms with van der Waals surface area (Å²) in [4.78, 5) is 2.41. The van der Waals surface area contributed by atoms with Crippen LogP contribution in [0.25, 0.3) is 5.70 Å². The maximum Gasteiger partial charge on any atom is 0.0481 e. The van der Waals surface area contributed by atoms with Crippen LogP contribution in [0.2, 0.25) is 0 Å². The van der Waals surface area contributed by atoms with Crippen molar-refractivity contribution in [3.05, 3.63) is 55.3 Å². The zero-order valence-electron chi connectivity index (χ0n) is 14.7. The third-order valence-corrected chi connectivity index (χ3v) is 3.76. The Morgan fingerprint density at radius 1 is 1.17 bits per heavy atom. The number of rotatable bonds is 11. The Bertz CT molecular complexity index is 546. The molecule has 126 valence electrons. The Hall–Kier alpha value is -2.16. The van der Waals surface area contributed by atoms with Crippen LogP contribution in [-0.4, -0.2) is 13.1 Å². The van der Waals surface area contributed by atoms with Gasteiger partial charge in [-0.1, -0.05) is 46.4 Å². The molecule has 0 atom stereocenters. The smallest absolute Gasteiger partial charge is 0.0481 e. The van der Waals surface area contributed by atoms with Crippen molar-refractivity contribution in [2.75, 3.05) is 23.3 Å². The van der Waals surface area contributed by atoms with E-state index in [1.54, 1.807) is 6.08 Å². The fraction of sp³-hybridized carbons (Fsp3) is 0.400. The molecular weight excluding hydrogens is 282 g/mol. The van der Waals surface area contributed by atoms with Gasteiger partial charge in [-0.15, -0.1) is 0 Å². The van der Waals surface area contributed by atoms with Crippen LogP contribution in [0.3, 0.4) is 0 Å². The first kappa shape index (κ1) is 18.9. The van der Waals surface area contributed by atoms with Gasteiger partial charge in [0.2, 0.25) is 0 Å². The predicted molar refractivity (Wildman–Crippen MR) is 105 cm³/mol. The normalized spacial score (nSPS) is 10.2. The molecule has 0 unspecified atom stereocenters. The summed E-state index contributed by atoms with van der Waals surface area (Å²) in [6.07, 6.45) is 6.45. The largest absolute Gasteiger partial charge is 0.399 e. The van der Waals surface area contributed by atoms with Crippen LogP contribution in [0.15, 0.2) is 49.7 Å². The molecule has 1 rings (SSSR count). The minimum atomic E-state index is 0.602. The highest BCUT2D eigenvalue weighted by molar-refractivity contribution is 5.77. The third-order valence-electron chi connectivity index (χ3n) is 3.76. The van der Waals surface area contributed by atoms with E-state index < -0.39 is 0 Å². The van der Waals surface area contributed by atoms with Crippen molar-refractivity contribution < 1.29 is 0 Å². The Morgan fingerprint density at radius 2 is 1.91 bits per heavy atom. The standard InChI is InChI=1S/C20H31N3/c1-6-9-10-14-23(13-7-2)20-15-18(22-16(4)8-3)11-12-19(20)17(5)21/h8,11-12,15,22H,3-7,9-10,13-14,21H2,1-2H3. The van der Waals surface area contributed by atoms with Gasteiger partial charge in [-0.05, 0) is 37.1 Å². The number of unbranched alkanes of at least 4 members (excludes halogenated alkanes) is 2. The molecule has 0 saturated carbocycles. The number of allylic oxidation sites excluding steroid dienone is 1. The van der Waals surface area contributed by atoms with E-state index in [4.69, 9.17) is 5.73 Å². The number of hydrogen-bond donors (Lipinski definition) is 2. The molecule has 23 heavy (non-hydrogen) atoms. The third kappa shape index (κ3) is 5.85. The number of benzene rings is 1. The maximum absolute atomic E-state index is 6.01. The van der Waals surface area contributed by atoms with Crippen molar-refractivity contribution in [3.63, 3.8) is 0 Å². The van der Waals surface area contributed by atoms with E-state index >= 15 is 0 Å². The van der Waals surface area contributed by atoms with Crippen molar-refractivity contribution in [1.82, 2.24) is 0 Å². The van der Waals surface area contributed by atoms with Gasteiger partial charge < -0.3 is 16.0 Å². The summed E-state index contributed by atoms with van der Waals surface area (Å²) in [5, 5.41) is 3.25. The van der Waals surface area contributed by atoms with E-state index in [1.807, 2.05) is 12.1 Å². The minimum Gasteiger partial charge on any atom is -0.399 e. The SMILES string of the molecule is C=CC(=C)Nc1ccc(C(=C)N)c(N(CCC)CCCCC)c1. The van der Waals surface area contributed by atoms with Gasteiger partial charge in [0.25, 0.3) is 0 Å². The molecule has 0 saturated heterocycles. The summed E-state index contributed by atoms with van der Waals surface area (Å²) in [5.74, 6) is 0. The highest BCUT2D eigenvalue weighted by Crippen LogP contribution is 2.29. The minimum absolute atomic E-state index is 0.602. The molecule has 3 heteroatoms. The lowest BCUT2D eigenvalue weighted by atomic mass is 10.1. The summed E-state index contributed by atoms with van der Waals surface area (Å²) >= 11 is 0. The zero-order valence-corrected chi connectivity index (χ0v) is 14.7. The molecule has 3 nitrogen and oxygen atoms in total. The van der Waals surface area contributed by atoms with E-state index in [-0.39, 0.29) is 0 Å². The number of nitrogens with two attached hydrogens (primary N) is 1. The average Bonchev–Trinajstić information content (AvgIpc) is 2.53. The summed E-state index contributed by atoms with van der Waals surface area (Å²) in [6.45, 7) is 18.0. The Morgan fingerprint density at radius 3 is 2.48 bits per heavy atom. The zero-order chi connectivity index (χ0) is 17.2. The van der Waals surface area contributed by atoms with Crippen molar-refractivity contribution in [1.29, 1.82) is 0 Å². The molecule has 0 fully saturated rings. The van der Waals surface area contributed by atoms with Gasteiger partial charge in [0.1, 0.15) is 0 Å². The molecule has 0 bridgehead atoms. The van der Waals surface area contributed by atoms with Crippen LogP contribution in [0.1, 0.15) is 45.1 Å². The average molecular weight is 313 g/mol. The molecule has 0 spiro atoms. The van der Waals surface area contributed by atoms with Gasteiger partial charge in [0, 0.05) is 41.4 Å². The van der Waals surface area contributed by atoms with Crippen molar-refractivity contribution >= 4 is 17.1 Å². The first-order valence-electron chi connectivity index (χ1n) is 8.45. The second kappa shape index (κ2) is 9.78. The lowest BCUT2D eigenvalue weighted by Gasteiger charge is -2.27. The summed E-state index contributed by atoms with van der Waals surface area (Å²) < 4.78 is 0. The van der Waals surface area contributed by atoms with Crippen molar-refractivity contribution in [2.45, 2.75) is 39.5 Å². The highest BCUT2D eigenvalue weighted by Gasteiger charge is 2.13. The van der Waals surface area contributed by atoms with Crippen LogP contribution in [0.5, 0.6) is 0 Å². The molecule has 1 aromatic rings. The van der Waals surface area contributed by atoms with Crippen LogP contribution in [-0.2, 0) is 0 Å². The first-order chi connectivity index (χ1) is 11.0. The lowest BCUT2D eigenvalue weighted by Crippen LogP contribution is -2.26. The van der Waals surface area contributed by atoms with E-state index in [9.17, 15) is 0 Å². The first-order valence-corrected chi connectivity index (χ1v) is 8.45. The predicted octanol–water partition coefficient (Wildman–Crippen LogP) is 5.13. The van der Waals surface area contributed by atoms with E-state index in [2.05, 4.69) is 49.9 Å². The molecule has 0 heterocycles. The molecule has 3 N–H and O–H groups in total. The van der Waals surface area contributed by atoms with E-state index in [0.717, 1.165) is 42.1 Å². The summed E-state index contributed by atoms with van der Waals surface area (Å²) in [6, 6.07) is 6.16. The molecule has 0 radical (unpaired) electrons. The van der Waals surface area contributed by atoms with Gasteiger partial charge in [-0.3, -0.25) is 0 Å². The summed E-state index contributed by atoms with van der Waals surface area (Å²) in [7, 11) is 0. The van der Waals surface area contributed by atoms with Crippen LogP contribution >= 0.6 is 0 Å². The molecule has 0 aliphatic rings. The van der Waals surface area contributed by atoms with Gasteiger partial charge in [-0.25, -0.2) is 0 Å². The van der Waals surface area contributed by atoms with Crippen LogP contribution in [0.4, 0.5) is 11.4 Å². The van der Waals surface area contributed by atoms with Gasteiger partial charge in [-0.2, -0.15) is 0 Å². The quantitative estimate of drug-likeness (QED) is 0.439. The number of nitrogens with zero attached hydrogens (tertiary/aromatic N) is 1. The second-order valence-electron chi connectivity index (χ2n) is 5.81. The maximum atomic E-state index is 6.01. The number of anilines is 2. The van der Waals surface area contributed by atoms with Gasteiger partial charge in [0.05, 0.1) is 0 Å². The van der Waals surface area contributed by atoms with Crippen LogP contribution in [0, 0.1) is 0 Å².